The molecule has 0 spiro atoms. The van der Waals surface area contributed by atoms with Crippen LogP contribution in [-0.2, 0) is 19.6 Å². The minimum atomic E-state index is -3.64. The summed E-state index contributed by atoms with van der Waals surface area (Å²) in [7, 11) is -1.67. The Bertz CT molecular complexity index is 1180. The van der Waals surface area contributed by atoms with Crippen molar-refractivity contribution >= 4 is 43.6 Å². The summed E-state index contributed by atoms with van der Waals surface area (Å²) < 4.78 is 35.0. The van der Waals surface area contributed by atoms with Gasteiger partial charge >= 0.3 is 11.9 Å². The molecule has 0 aliphatic carbocycles. The molecule has 188 valence electrons. The van der Waals surface area contributed by atoms with Crippen molar-refractivity contribution in [3.8, 4) is 5.75 Å². The highest BCUT2D eigenvalue weighted by Crippen LogP contribution is 2.32. The first kappa shape index (κ1) is 28.2. The molecular formula is C24H27BrN2O7S. The molecule has 0 radical (unpaired) electrons. The zero-order valence-electron chi connectivity index (χ0n) is 19.1. The number of hydrogen-bond donors (Lipinski definition) is 3. The van der Waals surface area contributed by atoms with Gasteiger partial charge in [0.05, 0.1) is 17.2 Å². The zero-order valence-corrected chi connectivity index (χ0v) is 21.5. The quantitative estimate of drug-likeness (QED) is 0.275. The average molecular weight is 567 g/mol. The molecule has 0 atom stereocenters. The number of benzene rings is 2. The number of hydrogen-bond acceptors (Lipinski definition) is 6. The van der Waals surface area contributed by atoms with Crippen LogP contribution in [0.3, 0.4) is 0 Å². The van der Waals surface area contributed by atoms with Crippen molar-refractivity contribution in [1.29, 1.82) is 0 Å². The van der Waals surface area contributed by atoms with E-state index in [1.807, 2.05) is 37.4 Å². The van der Waals surface area contributed by atoms with Crippen LogP contribution in [0.25, 0.3) is 0 Å². The Labute approximate surface area is 212 Å². The van der Waals surface area contributed by atoms with Gasteiger partial charge in [-0.15, -0.1) is 0 Å². The van der Waals surface area contributed by atoms with Crippen molar-refractivity contribution in [2.45, 2.75) is 30.6 Å². The molecule has 0 bridgehead atoms. The summed E-state index contributed by atoms with van der Waals surface area (Å²) >= 11 is 3.31. The van der Waals surface area contributed by atoms with Gasteiger partial charge in [0.15, 0.2) is 0 Å². The fourth-order valence-corrected chi connectivity index (χ4v) is 4.90. The standard InChI is InChI=1S/C20H23BrN2O3S.C4H4O4/c1-22-12-4-2-3-5-13-26-17-9-6-15(7-10-17)20-18-11-8-16(21)14-19(18)27(24,25)23-20;5-3(6)1-2-4(7)8/h6-11,14,22H,2-5,12-13H2,1H3;1-2H,(H,5,6)(H,7,8)/b;2-1+. The zero-order chi connectivity index (χ0) is 25.8. The van der Waals surface area contributed by atoms with Crippen molar-refractivity contribution in [2.75, 3.05) is 20.2 Å². The molecule has 0 saturated heterocycles. The van der Waals surface area contributed by atoms with Crippen molar-refractivity contribution < 1.29 is 33.0 Å². The molecule has 3 N–H and O–H groups in total. The normalized spacial score (nSPS) is 13.5. The van der Waals surface area contributed by atoms with E-state index in [1.165, 1.54) is 12.8 Å². The van der Waals surface area contributed by atoms with Gasteiger partial charge in [-0.1, -0.05) is 34.8 Å². The third-order valence-corrected chi connectivity index (χ3v) is 6.58. The Morgan fingerprint density at radius 2 is 1.63 bits per heavy atom. The van der Waals surface area contributed by atoms with E-state index in [0.717, 1.165) is 35.2 Å². The van der Waals surface area contributed by atoms with Gasteiger partial charge in [-0.3, -0.25) is 0 Å². The number of carbonyl (C=O) groups is 2. The van der Waals surface area contributed by atoms with Crippen LogP contribution < -0.4 is 10.1 Å². The maximum absolute atomic E-state index is 12.3. The molecule has 1 aliphatic heterocycles. The van der Waals surface area contributed by atoms with Crippen LogP contribution in [0.1, 0.15) is 36.8 Å². The molecular weight excluding hydrogens is 540 g/mol. The lowest BCUT2D eigenvalue weighted by molar-refractivity contribution is -0.134. The van der Waals surface area contributed by atoms with Crippen LogP contribution in [-0.4, -0.2) is 56.5 Å². The van der Waals surface area contributed by atoms with E-state index in [4.69, 9.17) is 14.9 Å². The highest BCUT2D eigenvalue weighted by Gasteiger charge is 2.29. The van der Waals surface area contributed by atoms with Crippen molar-refractivity contribution in [2.24, 2.45) is 4.40 Å². The molecule has 11 heteroatoms. The Kier molecular flexibility index (Phi) is 11.1. The van der Waals surface area contributed by atoms with Gasteiger partial charge in [0, 0.05) is 27.8 Å². The van der Waals surface area contributed by atoms with Gasteiger partial charge in [-0.25, -0.2) is 9.59 Å². The second-order valence-electron chi connectivity index (χ2n) is 7.46. The summed E-state index contributed by atoms with van der Waals surface area (Å²) in [5.41, 5.74) is 1.88. The minimum absolute atomic E-state index is 0.241. The molecule has 2 aromatic rings. The Morgan fingerprint density at radius 1 is 1.00 bits per heavy atom. The summed E-state index contributed by atoms with van der Waals surface area (Å²) in [4.78, 5) is 19.3. The van der Waals surface area contributed by atoms with E-state index >= 15 is 0 Å². The number of aliphatic carboxylic acids is 2. The molecule has 0 unspecified atom stereocenters. The third kappa shape index (κ3) is 9.27. The van der Waals surface area contributed by atoms with Crippen molar-refractivity contribution in [3.05, 3.63) is 70.2 Å². The molecule has 1 aliphatic rings. The monoisotopic (exact) mass is 566 g/mol. The van der Waals surface area contributed by atoms with Gasteiger partial charge in [0.2, 0.25) is 0 Å². The predicted octanol–water partition coefficient (Wildman–Crippen LogP) is 3.86. The lowest BCUT2D eigenvalue weighted by atomic mass is 10.0. The second kappa shape index (κ2) is 13.8. The van der Waals surface area contributed by atoms with Crippen LogP contribution in [0.15, 0.2) is 68.4 Å². The smallest absolute Gasteiger partial charge is 0.328 e. The second-order valence-corrected chi connectivity index (χ2v) is 9.94. The average Bonchev–Trinajstić information content (AvgIpc) is 3.08. The fraction of sp³-hybridized carbons (Fsp3) is 0.292. The lowest BCUT2D eigenvalue weighted by Crippen LogP contribution is -2.07. The number of sulfonamides is 1. The van der Waals surface area contributed by atoms with Gasteiger partial charge in [0.1, 0.15) is 5.75 Å². The number of ether oxygens (including phenoxy) is 1. The maximum Gasteiger partial charge on any atom is 0.328 e. The molecule has 35 heavy (non-hydrogen) atoms. The molecule has 1 heterocycles. The van der Waals surface area contributed by atoms with Crippen LogP contribution in [0.4, 0.5) is 0 Å². The molecule has 0 saturated carbocycles. The van der Waals surface area contributed by atoms with E-state index in [2.05, 4.69) is 25.6 Å². The predicted molar refractivity (Wildman–Crippen MR) is 136 cm³/mol. The van der Waals surface area contributed by atoms with Crippen LogP contribution in [0.2, 0.25) is 0 Å². The number of halogens is 1. The van der Waals surface area contributed by atoms with Crippen LogP contribution in [0.5, 0.6) is 5.75 Å². The fourth-order valence-electron chi connectivity index (χ4n) is 3.13. The van der Waals surface area contributed by atoms with Gasteiger partial charge in [-0.05, 0) is 62.8 Å². The number of nitrogens with zero attached hydrogens (tertiary/aromatic N) is 1. The summed E-state index contributed by atoms with van der Waals surface area (Å²) in [6.45, 7) is 1.74. The minimum Gasteiger partial charge on any atom is -0.494 e. The van der Waals surface area contributed by atoms with Crippen molar-refractivity contribution in [1.82, 2.24) is 5.32 Å². The van der Waals surface area contributed by atoms with Gasteiger partial charge < -0.3 is 20.3 Å². The van der Waals surface area contributed by atoms with Gasteiger partial charge in [-0.2, -0.15) is 12.8 Å². The van der Waals surface area contributed by atoms with E-state index < -0.39 is 22.0 Å². The van der Waals surface area contributed by atoms with Crippen molar-refractivity contribution in [3.63, 3.8) is 0 Å². The first-order valence-electron chi connectivity index (χ1n) is 10.8. The summed E-state index contributed by atoms with van der Waals surface area (Å²) in [5.74, 6) is -1.73. The number of unbranched alkanes of at least 4 members (excludes halogenated alkanes) is 3. The Hall–Kier alpha value is -3.02. The van der Waals surface area contributed by atoms with Crippen LogP contribution in [0, 0.1) is 0 Å². The molecule has 0 fully saturated rings. The van der Waals surface area contributed by atoms with E-state index in [-0.39, 0.29) is 4.90 Å². The molecule has 9 nitrogen and oxygen atoms in total. The molecule has 2 aromatic carbocycles. The number of fused-ring (bicyclic) bond motifs is 1. The number of rotatable bonds is 11. The van der Waals surface area contributed by atoms with Gasteiger partial charge in [0.25, 0.3) is 10.0 Å². The summed E-state index contributed by atoms with van der Waals surface area (Å²) in [5, 5.41) is 18.8. The SMILES string of the molecule is CNCCCCCCOc1ccc(C2=NS(=O)(=O)c3cc(Br)ccc32)cc1.O=C(O)/C=C/C(=O)O. The van der Waals surface area contributed by atoms with E-state index in [9.17, 15) is 18.0 Å². The summed E-state index contributed by atoms with van der Waals surface area (Å²) in [6.07, 6.45) is 5.69. The summed E-state index contributed by atoms with van der Waals surface area (Å²) in [6, 6.07) is 12.6. The largest absolute Gasteiger partial charge is 0.494 e. The Morgan fingerprint density at radius 3 is 2.23 bits per heavy atom. The highest BCUT2D eigenvalue weighted by molar-refractivity contribution is 9.10. The van der Waals surface area contributed by atoms with E-state index in [0.29, 0.717) is 30.0 Å². The third-order valence-electron chi connectivity index (χ3n) is 4.77. The van der Waals surface area contributed by atoms with E-state index in [1.54, 1.807) is 12.1 Å². The highest BCUT2D eigenvalue weighted by atomic mass is 79.9. The Balaban J connectivity index is 0.000000466. The molecule has 0 amide bonds. The number of carboxylic acid groups (broad SMARTS) is 2. The topological polar surface area (TPSA) is 142 Å². The molecule has 0 aromatic heterocycles. The number of nitrogens with one attached hydrogen (secondary N) is 1. The first-order chi connectivity index (χ1) is 16.6. The van der Waals surface area contributed by atoms with Crippen LogP contribution >= 0.6 is 15.9 Å². The first-order valence-corrected chi connectivity index (χ1v) is 13.0. The molecule has 3 rings (SSSR count). The lowest BCUT2D eigenvalue weighted by Gasteiger charge is -2.08. The number of carboxylic acids is 2. The maximum atomic E-state index is 12.3.